The van der Waals surface area contributed by atoms with Gasteiger partial charge in [0, 0.05) is 17.8 Å². The predicted octanol–water partition coefficient (Wildman–Crippen LogP) is -0.147. The number of methoxy groups -OCH3 is 1. The Bertz CT molecular complexity index is 670. The summed E-state index contributed by atoms with van der Waals surface area (Å²) >= 11 is 0. The van der Waals surface area contributed by atoms with E-state index in [0.29, 0.717) is 6.54 Å². The van der Waals surface area contributed by atoms with Gasteiger partial charge in [-0.15, -0.1) is 0 Å². The summed E-state index contributed by atoms with van der Waals surface area (Å²) in [7, 11) is 1.62. The standard InChI is InChI=1S/C18H22N4O2/c1-24-16-6-4-5-15(13-16)20-18(23)14-21-9-11-22(12-10-21)17-7-2-3-8-19-17/h2-8,13H,9-12,14H2,1H3,(H,20,23)/p+2. The van der Waals surface area contributed by atoms with E-state index in [9.17, 15) is 4.79 Å². The van der Waals surface area contributed by atoms with Crippen molar-refractivity contribution in [2.24, 2.45) is 0 Å². The fraction of sp³-hybridized carbons (Fsp3) is 0.333. The van der Waals surface area contributed by atoms with E-state index in [1.807, 2.05) is 42.6 Å². The SMILES string of the molecule is COc1cccc(NC(=O)C[NH+]2CCN(c3cccc[nH+]3)CC2)c1. The number of piperazine rings is 1. The maximum absolute atomic E-state index is 12.2. The third-order valence-corrected chi connectivity index (χ3v) is 4.27. The Hall–Kier alpha value is -2.60. The number of carbonyl (C=O) groups is 1. The molecule has 0 bridgehead atoms. The highest BCUT2D eigenvalue weighted by molar-refractivity contribution is 5.91. The number of anilines is 2. The third-order valence-electron chi connectivity index (χ3n) is 4.27. The topological polar surface area (TPSA) is 60.1 Å². The number of rotatable bonds is 5. The highest BCUT2D eigenvalue weighted by Gasteiger charge is 2.27. The fourth-order valence-electron chi connectivity index (χ4n) is 2.95. The Kier molecular flexibility index (Phi) is 5.28. The lowest BCUT2D eigenvalue weighted by Gasteiger charge is -2.27. The van der Waals surface area contributed by atoms with Gasteiger partial charge >= 0.3 is 0 Å². The Morgan fingerprint density at radius 3 is 2.79 bits per heavy atom. The molecule has 6 heteroatoms. The molecule has 1 saturated heterocycles. The van der Waals surface area contributed by atoms with E-state index in [2.05, 4.69) is 21.3 Å². The van der Waals surface area contributed by atoms with Crippen LogP contribution in [0, 0.1) is 0 Å². The van der Waals surface area contributed by atoms with E-state index in [0.717, 1.165) is 43.4 Å². The summed E-state index contributed by atoms with van der Waals surface area (Å²) in [6.07, 6.45) is 1.94. The van der Waals surface area contributed by atoms with Crippen LogP contribution in [0.25, 0.3) is 0 Å². The molecule has 1 amide bonds. The van der Waals surface area contributed by atoms with Crippen molar-refractivity contribution < 1.29 is 19.4 Å². The highest BCUT2D eigenvalue weighted by Crippen LogP contribution is 2.16. The third kappa shape index (κ3) is 4.23. The maximum atomic E-state index is 12.2. The van der Waals surface area contributed by atoms with Crippen LogP contribution in [0.3, 0.4) is 0 Å². The second-order valence-electron chi connectivity index (χ2n) is 5.94. The monoisotopic (exact) mass is 328 g/mol. The summed E-state index contributed by atoms with van der Waals surface area (Å²) < 4.78 is 5.18. The zero-order valence-electron chi connectivity index (χ0n) is 13.9. The molecule has 2 heterocycles. The van der Waals surface area contributed by atoms with Crippen LogP contribution in [0.4, 0.5) is 11.5 Å². The smallest absolute Gasteiger partial charge is 0.279 e. The van der Waals surface area contributed by atoms with Crippen LogP contribution in [0.2, 0.25) is 0 Å². The minimum Gasteiger partial charge on any atom is -0.497 e. The van der Waals surface area contributed by atoms with Gasteiger partial charge in [0.1, 0.15) is 31.9 Å². The summed E-state index contributed by atoms with van der Waals surface area (Å²) in [5, 5.41) is 2.95. The molecule has 3 rings (SSSR count). The van der Waals surface area contributed by atoms with E-state index in [1.54, 1.807) is 7.11 Å². The van der Waals surface area contributed by atoms with Gasteiger partial charge in [0.05, 0.1) is 13.3 Å². The van der Waals surface area contributed by atoms with Crippen molar-refractivity contribution in [1.29, 1.82) is 0 Å². The van der Waals surface area contributed by atoms with Gasteiger partial charge in [-0.2, -0.15) is 0 Å². The van der Waals surface area contributed by atoms with Crippen molar-refractivity contribution in [3.8, 4) is 5.75 Å². The van der Waals surface area contributed by atoms with Gasteiger partial charge in [0.2, 0.25) is 0 Å². The van der Waals surface area contributed by atoms with Gasteiger partial charge in [-0.3, -0.25) is 9.69 Å². The van der Waals surface area contributed by atoms with Crippen molar-refractivity contribution in [2.45, 2.75) is 0 Å². The number of aromatic amines is 1. The van der Waals surface area contributed by atoms with E-state index in [4.69, 9.17) is 4.74 Å². The molecule has 2 aromatic rings. The van der Waals surface area contributed by atoms with Gasteiger partial charge in [0.15, 0.2) is 6.54 Å². The number of aromatic nitrogens is 1. The Balaban J connectivity index is 1.48. The van der Waals surface area contributed by atoms with Crippen molar-refractivity contribution in [3.05, 3.63) is 48.7 Å². The minimum atomic E-state index is 0.0398. The van der Waals surface area contributed by atoms with Gasteiger partial charge in [-0.25, -0.2) is 4.98 Å². The molecule has 0 radical (unpaired) electrons. The number of hydrogen-bond donors (Lipinski definition) is 2. The molecule has 126 valence electrons. The van der Waals surface area contributed by atoms with Crippen LogP contribution in [-0.2, 0) is 4.79 Å². The van der Waals surface area contributed by atoms with Crippen LogP contribution in [0.15, 0.2) is 48.7 Å². The number of amides is 1. The number of nitrogens with one attached hydrogen (secondary N) is 3. The van der Waals surface area contributed by atoms with E-state index in [1.165, 1.54) is 4.90 Å². The molecular weight excluding hydrogens is 304 g/mol. The summed E-state index contributed by atoms with van der Waals surface area (Å²) in [4.78, 5) is 19.1. The van der Waals surface area contributed by atoms with Crippen LogP contribution >= 0.6 is 0 Å². The molecule has 1 aliphatic rings. The Morgan fingerprint density at radius 1 is 1.25 bits per heavy atom. The second-order valence-corrected chi connectivity index (χ2v) is 5.94. The van der Waals surface area contributed by atoms with E-state index in [-0.39, 0.29) is 5.91 Å². The van der Waals surface area contributed by atoms with Crippen molar-refractivity contribution in [1.82, 2.24) is 0 Å². The van der Waals surface area contributed by atoms with Gasteiger partial charge < -0.3 is 15.0 Å². The van der Waals surface area contributed by atoms with Crippen molar-refractivity contribution >= 4 is 17.4 Å². The molecule has 0 saturated carbocycles. The summed E-state index contributed by atoms with van der Waals surface area (Å²) in [6, 6.07) is 13.5. The first-order chi connectivity index (χ1) is 11.7. The number of pyridine rings is 1. The molecule has 3 N–H and O–H groups in total. The van der Waals surface area contributed by atoms with Gasteiger partial charge in [-0.1, -0.05) is 12.1 Å². The lowest BCUT2D eigenvalue weighted by Crippen LogP contribution is -3.15. The lowest BCUT2D eigenvalue weighted by atomic mass is 10.2. The van der Waals surface area contributed by atoms with E-state index >= 15 is 0 Å². The zero-order chi connectivity index (χ0) is 16.8. The lowest BCUT2D eigenvalue weighted by molar-refractivity contribution is -0.892. The normalized spacial score (nSPS) is 15.1. The number of hydrogen-bond acceptors (Lipinski definition) is 3. The minimum absolute atomic E-state index is 0.0398. The molecule has 1 aromatic heterocycles. The first kappa shape index (κ1) is 16.3. The first-order valence-corrected chi connectivity index (χ1v) is 8.24. The molecule has 1 aliphatic heterocycles. The number of H-pyrrole nitrogens is 1. The quantitative estimate of drug-likeness (QED) is 0.803. The van der Waals surface area contributed by atoms with Crippen molar-refractivity contribution in [2.75, 3.05) is 50.1 Å². The number of quaternary nitrogens is 1. The molecule has 0 atom stereocenters. The van der Waals surface area contributed by atoms with Gasteiger partial charge in [-0.05, 0) is 18.2 Å². The molecule has 24 heavy (non-hydrogen) atoms. The Morgan fingerprint density at radius 2 is 2.08 bits per heavy atom. The van der Waals surface area contributed by atoms with Gasteiger partial charge in [0.25, 0.3) is 11.7 Å². The summed E-state index contributed by atoms with van der Waals surface area (Å²) in [5.74, 6) is 1.92. The number of benzene rings is 1. The molecule has 0 aliphatic carbocycles. The summed E-state index contributed by atoms with van der Waals surface area (Å²) in [5.41, 5.74) is 0.774. The largest absolute Gasteiger partial charge is 0.497 e. The maximum Gasteiger partial charge on any atom is 0.279 e. The number of nitrogens with zero attached hydrogens (tertiary/aromatic N) is 1. The zero-order valence-corrected chi connectivity index (χ0v) is 13.9. The number of ether oxygens (including phenoxy) is 1. The molecule has 6 nitrogen and oxygen atoms in total. The van der Waals surface area contributed by atoms with Crippen molar-refractivity contribution in [3.63, 3.8) is 0 Å². The summed E-state index contributed by atoms with van der Waals surface area (Å²) in [6.45, 7) is 4.29. The van der Waals surface area contributed by atoms with Crippen LogP contribution in [0.5, 0.6) is 5.75 Å². The predicted molar refractivity (Wildman–Crippen MR) is 92.4 cm³/mol. The molecule has 0 spiro atoms. The van der Waals surface area contributed by atoms with Crippen LogP contribution < -0.4 is 24.8 Å². The second kappa shape index (κ2) is 7.79. The molecule has 1 fully saturated rings. The number of carbonyl (C=O) groups excluding carboxylic acids is 1. The van der Waals surface area contributed by atoms with E-state index < -0.39 is 0 Å². The molecular formula is C18H24N4O2+2. The average Bonchev–Trinajstić information content (AvgIpc) is 2.63. The molecule has 1 aromatic carbocycles. The van der Waals surface area contributed by atoms with Crippen LogP contribution in [-0.4, -0.2) is 45.7 Å². The fourth-order valence-corrected chi connectivity index (χ4v) is 2.95. The Labute approximate surface area is 142 Å². The molecule has 0 unspecified atom stereocenters. The first-order valence-electron chi connectivity index (χ1n) is 8.24. The highest BCUT2D eigenvalue weighted by atomic mass is 16.5. The average molecular weight is 328 g/mol. The van der Waals surface area contributed by atoms with Crippen LogP contribution in [0.1, 0.15) is 0 Å².